The third-order valence-electron chi connectivity index (χ3n) is 2.48. The molecule has 0 unspecified atom stereocenters. The Morgan fingerprint density at radius 3 is 3.21 bits per heavy atom. The van der Waals surface area contributed by atoms with Crippen molar-refractivity contribution in [2.24, 2.45) is 0 Å². The second-order valence-corrected chi connectivity index (χ2v) is 4.23. The van der Waals surface area contributed by atoms with E-state index in [2.05, 4.69) is 30.3 Å². The van der Waals surface area contributed by atoms with Crippen LogP contribution in [0, 0.1) is 11.3 Å². The first-order chi connectivity index (χ1) is 9.38. The van der Waals surface area contributed by atoms with Crippen LogP contribution < -0.4 is 5.32 Å². The Hall–Kier alpha value is -2.79. The Morgan fingerprint density at radius 2 is 2.42 bits per heavy atom. The van der Waals surface area contributed by atoms with E-state index in [9.17, 15) is 0 Å². The Morgan fingerprint density at radius 1 is 1.47 bits per heavy atom. The van der Waals surface area contributed by atoms with E-state index in [1.807, 2.05) is 29.6 Å². The first kappa shape index (κ1) is 11.3. The van der Waals surface area contributed by atoms with Gasteiger partial charge < -0.3 is 5.32 Å². The molecule has 3 aromatic rings. The molecular formula is C11H7N7S. The summed E-state index contributed by atoms with van der Waals surface area (Å²) in [4.78, 5) is 0. The molecule has 8 heteroatoms. The normalized spacial score (nSPS) is 11.4. The van der Waals surface area contributed by atoms with Crippen LogP contribution in [0.4, 0.5) is 5.69 Å². The molecule has 0 fully saturated rings. The quantitative estimate of drug-likeness (QED) is 0.702. The predicted molar refractivity (Wildman–Crippen MR) is 71.0 cm³/mol. The third kappa shape index (κ3) is 2.14. The highest BCUT2D eigenvalue weighted by molar-refractivity contribution is 7.04. The molecule has 0 atom stereocenters. The number of benzene rings is 1. The van der Waals surface area contributed by atoms with Gasteiger partial charge in [-0.15, -0.1) is 10.2 Å². The number of H-pyrrole nitrogens is 1. The van der Waals surface area contributed by atoms with E-state index in [4.69, 9.17) is 5.26 Å². The average Bonchev–Trinajstić information content (AvgIpc) is 3.10. The van der Waals surface area contributed by atoms with Crippen LogP contribution in [0.2, 0.25) is 0 Å². The molecule has 1 aromatic carbocycles. The molecule has 2 N–H and O–H groups in total. The van der Waals surface area contributed by atoms with Gasteiger partial charge in [-0.1, -0.05) is 6.07 Å². The summed E-state index contributed by atoms with van der Waals surface area (Å²) < 4.78 is 4.25. The molecule has 92 valence electrons. The highest BCUT2D eigenvalue weighted by atomic mass is 32.1. The number of rotatable bonds is 3. The van der Waals surface area contributed by atoms with Gasteiger partial charge in [-0.05, 0) is 28.9 Å². The van der Waals surface area contributed by atoms with Crippen LogP contribution in [0.5, 0.6) is 0 Å². The lowest BCUT2D eigenvalue weighted by Crippen LogP contribution is -1.93. The fraction of sp³-hybridized carbons (Fsp3) is 0. The average molecular weight is 269 g/mol. The first-order valence-electron chi connectivity index (χ1n) is 5.32. The summed E-state index contributed by atoms with van der Waals surface area (Å²) in [6.45, 7) is 0. The number of aromatic nitrogens is 5. The molecular weight excluding hydrogens is 262 g/mol. The number of hydrogen-bond acceptors (Lipinski definition) is 7. The van der Waals surface area contributed by atoms with Crippen molar-refractivity contribution in [1.82, 2.24) is 25.0 Å². The molecule has 2 aromatic heterocycles. The standard InChI is InChI=1S/C11H7N7S/c12-4-7(11-14-17-18-15-11)5-13-9-2-1-3-10-8(9)6-19-16-10/h1-3,5-6,13H,(H,14,15,17,18). The number of hydrogen-bond donors (Lipinski definition) is 2. The molecule has 0 aliphatic heterocycles. The molecule has 0 aliphatic carbocycles. The Balaban J connectivity index is 1.93. The van der Waals surface area contributed by atoms with Crippen LogP contribution in [0.3, 0.4) is 0 Å². The predicted octanol–water partition coefficient (Wildman–Crippen LogP) is 1.79. The summed E-state index contributed by atoms with van der Waals surface area (Å²) in [5.41, 5.74) is 2.10. The van der Waals surface area contributed by atoms with Crippen molar-refractivity contribution in [3.8, 4) is 6.07 Å². The third-order valence-corrected chi connectivity index (χ3v) is 3.13. The number of tetrazole rings is 1. The van der Waals surface area contributed by atoms with Gasteiger partial charge in [0.15, 0.2) is 0 Å². The number of nitrogens with zero attached hydrogens (tertiary/aromatic N) is 5. The topological polar surface area (TPSA) is 103 Å². The van der Waals surface area contributed by atoms with E-state index >= 15 is 0 Å². The lowest BCUT2D eigenvalue weighted by Gasteiger charge is -2.02. The van der Waals surface area contributed by atoms with Gasteiger partial charge in [0.05, 0.1) is 5.52 Å². The van der Waals surface area contributed by atoms with E-state index < -0.39 is 0 Å². The number of fused-ring (bicyclic) bond motifs is 1. The molecule has 0 aliphatic rings. The van der Waals surface area contributed by atoms with Crippen LogP contribution in [0.25, 0.3) is 16.5 Å². The summed E-state index contributed by atoms with van der Waals surface area (Å²) in [5.74, 6) is 0.255. The largest absolute Gasteiger partial charge is 0.360 e. The van der Waals surface area contributed by atoms with Crippen molar-refractivity contribution in [3.05, 3.63) is 35.6 Å². The highest BCUT2D eigenvalue weighted by Gasteiger charge is 2.06. The van der Waals surface area contributed by atoms with Crippen LogP contribution in [-0.2, 0) is 0 Å². The number of nitrogens with one attached hydrogen (secondary N) is 2. The monoisotopic (exact) mass is 269 g/mol. The maximum absolute atomic E-state index is 9.06. The Bertz CT molecular complexity index is 766. The van der Waals surface area contributed by atoms with Crippen molar-refractivity contribution in [3.63, 3.8) is 0 Å². The minimum Gasteiger partial charge on any atom is -0.360 e. The number of allylic oxidation sites excluding steroid dienone is 1. The van der Waals surface area contributed by atoms with E-state index in [-0.39, 0.29) is 5.82 Å². The molecule has 3 rings (SSSR count). The van der Waals surface area contributed by atoms with E-state index in [1.165, 1.54) is 11.5 Å². The molecule has 2 heterocycles. The van der Waals surface area contributed by atoms with Crippen LogP contribution >= 0.6 is 11.5 Å². The molecule has 0 bridgehead atoms. The Kier molecular flexibility index (Phi) is 2.88. The highest BCUT2D eigenvalue weighted by Crippen LogP contribution is 2.24. The van der Waals surface area contributed by atoms with Crippen molar-refractivity contribution >= 4 is 33.7 Å². The molecule has 0 amide bonds. The maximum Gasteiger partial charge on any atom is 0.216 e. The summed E-state index contributed by atoms with van der Waals surface area (Å²) in [7, 11) is 0. The Labute approximate surface area is 111 Å². The smallest absolute Gasteiger partial charge is 0.216 e. The fourth-order valence-electron chi connectivity index (χ4n) is 1.59. The summed E-state index contributed by atoms with van der Waals surface area (Å²) >= 11 is 1.39. The van der Waals surface area contributed by atoms with Crippen molar-refractivity contribution in [2.75, 3.05) is 5.32 Å². The minimum absolute atomic E-state index is 0.255. The van der Waals surface area contributed by atoms with Gasteiger partial charge in [0.25, 0.3) is 0 Å². The number of aromatic amines is 1. The molecule has 0 radical (unpaired) electrons. The molecule has 0 saturated heterocycles. The number of anilines is 1. The molecule has 7 nitrogen and oxygen atoms in total. The van der Waals surface area contributed by atoms with E-state index in [0.717, 1.165) is 16.6 Å². The van der Waals surface area contributed by atoms with Gasteiger partial charge in [0.1, 0.15) is 11.6 Å². The van der Waals surface area contributed by atoms with Crippen molar-refractivity contribution < 1.29 is 0 Å². The SMILES string of the molecule is N#CC(=CNc1cccc2nscc12)c1nn[nH]n1. The summed E-state index contributed by atoms with van der Waals surface area (Å²) in [6.07, 6.45) is 1.55. The fourth-order valence-corrected chi connectivity index (χ4v) is 2.27. The lowest BCUT2D eigenvalue weighted by molar-refractivity contribution is 0.881. The van der Waals surface area contributed by atoms with Gasteiger partial charge in [0.2, 0.25) is 5.82 Å². The second-order valence-electron chi connectivity index (χ2n) is 3.60. The van der Waals surface area contributed by atoms with Crippen LogP contribution in [-0.4, -0.2) is 25.0 Å². The van der Waals surface area contributed by atoms with Crippen molar-refractivity contribution in [1.29, 1.82) is 5.26 Å². The van der Waals surface area contributed by atoms with Crippen LogP contribution in [0.15, 0.2) is 29.8 Å². The molecule has 19 heavy (non-hydrogen) atoms. The van der Waals surface area contributed by atoms with Gasteiger partial charge in [0, 0.05) is 22.7 Å². The maximum atomic E-state index is 9.06. The summed E-state index contributed by atoms with van der Waals surface area (Å²) in [5, 5.41) is 28.4. The van der Waals surface area contributed by atoms with Gasteiger partial charge in [-0.3, -0.25) is 0 Å². The van der Waals surface area contributed by atoms with Gasteiger partial charge in [-0.2, -0.15) is 14.8 Å². The minimum atomic E-state index is 0.255. The van der Waals surface area contributed by atoms with E-state index in [0.29, 0.717) is 5.57 Å². The number of nitriles is 1. The second kappa shape index (κ2) is 4.83. The first-order valence-corrected chi connectivity index (χ1v) is 6.16. The lowest BCUT2D eigenvalue weighted by atomic mass is 10.2. The molecule has 0 spiro atoms. The zero-order valence-corrected chi connectivity index (χ0v) is 10.3. The van der Waals surface area contributed by atoms with E-state index in [1.54, 1.807) is 6.20 Å². The van der Waals surface area contributed by atoms with Gasteiger partial charge >= 0.3 is 0 Å². The zero-order chi connectivity index (χ0) is 13.1. The van der Waals surface area contributed by atoms with Gasteiger partial charge in [-0.25, -0.2) is 0 Å². The van der Waals surface area contributed by atoms with Crippen LogP contribution in [0.1, 0.15) is 5.82 Å². The van der Waals surface area contributed by atoms with Crippen molar-refractivity contribution in [2.45, 2.75) is 0 Å². The molecule has 0 saturated carbocycles. The zero-order valence-electron chi connectivity index (χ0n) is 9.53. The summed E-state index contributed by atoms with van der Waals surface area (Å²) in [6, 6.07) is 7.77.